The summed E-state index contributed by atoms with van der Waals surface area (Å²) in [6.45, 7) is 3.75. The number of nitrogens with one attached hydrogen (secondary N) is 1. The van der Waals surface area contributed by atoms with E-state index in [4.69, 9.17) is 21.1 Å². The number of ether oxygens (including phenoxy) is 2. The van der Waals surface area contributed by atoms with Crippen LogP contribution in [0.15, 0.2) is 30.3 Å². The van der Waals surface area contributed by atoms with Gasteiger partial charge >= 0.3 is 0 Å². The van der Waals surface area contributed by atoms with E-state index in [1.807, 2.05) is 44.2 Å². The quantitative estimate of drug-likeness (QED) is 0.856. The maximum atomic E-state index is 11.8. The lowest BCUT2D eigenvalue weighted by molar-refractivity contribution is -0.221. The van der Waals surface area contributed by atoms with E-state index in [0.717, 1.165) is 5.56 Å². The molecular weight excluding hydrogens is 254 g/mol. The maximum Gasteiger partial charge on any atom is 0.244 e. The van der Waals surface area contributed by atoms with Gasteiger partial charge in [-0.25, -0.2) is 0 Å². The number of alkyl halides is 1. The second kappa shape index (κ2) is 5.69. The van der Waals surface area contributed by atoms with Crippen LogP contribution in [0.1, 0.15) is 25.5 Å². The number of halogens is 1. The molecule has 18 heavy (non-hydrogen) atoms. The minimum absolute atomic E-state index is 0.0430. The molecule has 3 atom stereocenters. The van der Waals surface area contributed by atoms with E-state index in [1.54, 1.807) is 0 Å². The smallest absolute Gasteiger partial charge is 0.244 e. The lowest BCUT2D eigenvalue weighted by Crippen LogP contribution is -2.52. The number of benzene rings is 1. The molecule has 1 saturated heterocycles. The van der Waals surface area contributed by atoms with Gasteiger partial charge in [-0.1, -0.05) is 30.3 Å². The minimum atomic E-state index is -0.752. The number of carbonyl (C=O) groups is 1. The highest BCUT2D eigenvalue weighted by atomic mass is 35.5. The Morgan fingerprint density at radius 2 is 2.00 bits per heavy atom. The molecule has 1 aromatic carbocycles. The summed E-state index contributed by atoms with van der Waals surface area (Å²) in [7, 11) is 0. The van der Waals surface area contributed by atoms with Gasteiger partial charge in [-0.05, 0) is 19.4 Å². The van der Waals surface area contributed by atoms with Crippen LogP contribution in [0, 0.1) is 0 Å². The van der Waals surface area contributed by atoms with Crippen LogP contribution in [0.3, 0.4) is 0 Å². The molecule has 0 aliphatic carbocycles. The lowest BCUT2D eigenvalue weighted by atomic mass is 10.1. The van der Waals surface area contributed by atoms with Crippen molar-refractivity contribution >= 4 is 17.5 Å². The van der Waals surface area contributed by atoms with Gasteiger partial charge in [0.2, 0.25) is 12.3 Å². The van der Waals surface area contributed by atoms with E-state index < -0.39 is 17.9 Å². The summed E-state index contributed by atoms with van der Waals surface area (Å²) < 4.78 is 11.1. The molecule has 1 aromatic rings. The number of rotatable bonds is 3. The van der Waals surface area contributed by atoms with Gasteiger partial charge in [0, 0.05) is 0 Å². The van der Waals surface area contributed by atoms with Gasteiger partial charge in [-0.2, -0.15) is 0 Å². The number of hydrogen-bond acceptors (Lipinski definition) is 3. The Balaban J connectivity index is 2.15. The molecular formula is C13H16ClNO3. The lowest BCUT2D eigenvalue weighted by Gasteiger charge is -2.34. The zero-order valence-corrected chi connectivity index (χ0v) is 11.1. The van der Waals surface area contributed by atoms with Crippen molar-refractivity contribution in [1.29, 1.82) is 0 Å². The largest absolute Gasteiger partial charge is 0.333 e. The van der Waals surface area contributed by atoms with Crippen molar-refractivity contribution in [2.75, 3.05) is 0 Å². The topological polar surface area (TPSA) is 47.6 Å². The van der Waals surface area contributed by atoms with Crippen molar-refractivity contribution in [3.05, 3.63) is 35.9 Å². The Labute approximate surface area is 111 Å². The van der Waals surface area contributed by atoms with Gasteiger partial charge < -0.3 is 14.8 Å². The van der Waals surface area contributed by atoms with Crippen molar-refractivity contribution < 1.29 is 14.3 Å². The van der Waals surface area contributed by atoms with Crippen LogP contribution in [-0.2, 0) is 14.3 Å². The Morgan fingerprint density at radius 3 is 2.61 bits per heavy atom. The molecule has 1 aliphatic heterocycles. The van der Waals surface area contributed by atoms with Crippen LogP contribution in [0.25, 0.3) is 0 Å². The van der Waals surface area contributed by atoms with Crippen LogP contribution in [0.5, 0.6) is 0 Å². The van der Waals surface area contributed by atoms with Gasteiger partial charge in [-0.15, -0.1) is 11.6 Å². The van der Waals surface area contributed by atoms with Crippen molar-refractivity contribution in [3.8, 4) is 0 Å². The van der Waals surface area contributed by atoms with Gasteiger partial charge in [0.25, 0.3) is 0 Å². The average Bonchev–Trinajstić information content (AvgIpc) is 2.34. The molecule has 1 heterocycles. The Bertz CT molecular complexity index is 410. The first-order valence-corrected chi connectivity index (χ1v) is 6.32. The molecule has 98 valence electrons. The highest BCUT2D eigenvalue weighted by Gasteiger charge is 2.37. The number of amides is 1. The summed E-state index contributed by atoms with van der Waals surface area (Å²) in [6, 6.07) is 9.42. The predicted molar refractivity (Wildman–Crippen MR) is 68.1 cm³/mol. The monoisotopic (exact) mass is 269 g/mol. The van der Waals surface area contributed by atoms with E-state index in [9.17, 15) is 4.79 Å². The van der Waals surface area contributed by atoms with Gasteiger partial charge in [0.1, 0.15) is 11.5 Å². The normalized spacial score (nSPS) is 28.2. The first-order valence-electron chi connectivity index (χ1n) is 5.88. The molecule has 1 amide bonds. The average molecular weight is 270 g/mol. The van der Waals surface area contributed by atoms with E-state index >= 15 is 0 Å². The molecule has 1 N–H and O–H groups in total. The van der Waals surface area contributed by atoms with Crippen molar-refractivity contribution in [1.82, 2.24) is 5.32 Å². The molecule has 0 unspecified atom stereocenters. The highest BCUT2D eigenvalue weighted by Crippen LogP contribution is 2.30. The summed E-state index contributed by atoms with van der Waals surface area (Å²) >= 11 is 6.08. The third kappa shape index (κ3) is 3.02. The van der Waals surface area contributed by atoms with Crippen LogP contribution in [0.4, 0.5) is 0 Å². The molecule has 1 fully saturated rings. The van der Waals surface area contributed by atoms with E-state index in [-0.39, 0.29) is 12.0 Å². The molecule has 4 nitrogen and oxygen atoms in total. The number of carbonyl (C=O) groups excluding carboxylic acids is 1. The zero-order chi connectivity index (χ0) is 13.1. The first kappa shape index (κ1) is 13.3. The predicted octanol–water partition coefficient (Wildman–Crippen LogP) is 2.19. The second-order valence-electron chi connectivity index (χ2n) is 4.39. The Morgan fingerprint density at radius 1 is 1.33 bits per heavy atom. The van der Waals surface area contributed by atoms with Crippen LogP contribution in [-0.4, -0.2) is 23.8 Å². The first-order chi connectivity index (χ1) is 8.58. The van der Waals surface area contributed by atoms with E-state index in [1.165, 1.54) is 0 Å². The summed E-state index contributed by atoms with van der Waals surface area (Å²) in [5.41, 5.74) is 0.865. The Hall–Kier alpha value is -1.10. The fourth-order valence-electron chi connectivity index (χ4n) is 1.77. The van der Waals surface area contributed by atoms with E-state index in [2.05, 4.69) is 5.32 Å². The molecule has 1 aliphatic rings. The van der Waals surface area contributed by atoms with Crippen LogP contribution >= 0.6 is 11.6 Å². The van der Waals surface area contributed by atoms with Crippen molar-refractivity contribution in [3.63, 3.8) is 0 Å². The van der Waals surface area contributed by atoms with Crippen molar-refractivity contribution in [2.24, 2.45) is 0 Å². The van der Waals surface area contributed by atoms with Crippen molar-refractivity contribution in [2.45, 2.75) is 37.8 Å². The molecule has 0 radical (unpaired) electrons. The van der Waals surface area contributed by atoms with Gasteiger partial charge in [0.15, 0.2) is 0 Å². The summed E-state index contributed by atoms with van der Waals surface area (Å²) in [4.78, 5) is 11.8. The molecule has 0 saturated carbocycles. The summed E-state index contributed by atoms with van der Waals surface area (Å²) in [5, 5.41) is 1.83. The molecule has 2 rings (SSSR count). The number of hydrogen-bond donors (Lipinski definition) is 1. The maximum absolute atomic E-state index is 11.8. The standard InChI is InChI=1S/C13H16ClNO3/c1-8(2)17-13-15-12(16)10(14)11(18-13)9-6-4-3-5-7-9/h3-8,10-11,13H,1-2H3,(H,15,16)/t10-,11-,13+/m0/s1. The SMILES string of the molecule is CC(C)O[C@H]1NC(=O)[C@@H](Cl)[C@H](c2ccccc2)O1. The molecule has 0 spiro atoms. The molecule has 0 bridgehead atoms. The third-order valence-electron chi connectivity index (χ3n) is 2.57. The van der Waals surface area contributed by atoms with Crippen LogP contribution < -0.4 is 5.32 Å². The zero-order valence-electron chi connectivity index (χ0n) is 10.3. The molecule has 5 heteroatoms. The summed E-state index contributed by atoms with van der Waals surface area (Å²) in [6.07, 6.45) is -1.29. The Kier molecular flexibility index (Phi) is 4.22. The highest BCUT2D eigenvalue weighted by molar-refractivity contribution is 6.31. The third-order valence-corrected chi connectivity index (χ3v) is 3.00. The second-order valence-corrected chi connectivity index (χ2v) is 4.86. The fourth-order valence-corrected chi connectivity index (χ4v) is 2.04. The minimum Gasteiger partial charge on any atom is -0.333 e. The van der Waals surface area contributed by atoms with Crippen LogP contribution in [0.2, 0.25) is 0 Å². The van der Waals surface area contributed by atoms with Gasteiger partial charge in [0.05, 0.1) is 6.10 Å². The molecule has 0 aromatic heterocycles. The van der Waals surface area contributed by atoms with Gasteiger partial charge in [-0.3, -0.25) is 4.79 Å². The fraction of sp³-hybridized carbons (Fsp3) is 0.462. The van der Waals surface area contributed by atoms with E-state index in [0.29, 0.717) is 0 Å². The summed E-state index contributed by atoms with van der Waals surface area (Å²) in [5.74, 6) is -0.276.